The maximum Gasteiger partial charge on any atom is 0.251 e. The van der Waals surface area contributed by atoms with Crippen molar-refractivity contribution in [2.24, 2.45) is 0 Å². The van der Waals surface area contributed by atoms with Crippen molar-refractivity contribution >= 4 is 15.7 Å². The first kappa shape index (κ1) is 17.0. The summed E-state index contributed by atoms with van der Waals surface area (Å²) in [7, 11) is -3.16. The van der Waals surface area contributed by atoms with Crippen molar-refractivity contribution in [3.63, 3.8) is 0 Å². The smallest absolute Gasteiger partial charge is 0.251 e. The molecular weight excluding hydrogens is 361 g/mol. The Balaban J connectivity index is 1.69. The molecule has 3 heterocycles. The Labute approximate surface area is 150 Å². The fourth-order valence-electron chi connectivity index (χ4n) is 3.49. The highest BCUT2D eigenvalue weighted by Gasteiger charge is 2.39. The van der Waals surface area contributed by atoms with Crippen molar-refractivity contribution in [2.75, 3.05) is 18.1 Å². The number of carbonyl (C=O) groups excluding carboxylic acids is 1. The van der Waals surface area contributed by atoms with E-state index in [0.717, 1.165) is 6.07 Å². The van der Waals surface area contributed by atoms with E-state index in [4.69, 9.17) is 4.74 Å². The number of ether oxygens (including phenoxy) is 1. The lowest BCUT2D eigenvalue weighted by Crippen LogP contribution is -2.46. The third-order valence-corrected chi connectivity index (χ3v) is 6.69. The number of carbonyl (C=O) groups is 1. The minimum Gasteiger partial charge on any atom is -0.488 e. The molecule has 0 saturated carbocycles. The molecule has 138 valence electrons. The third kappa shape index (κ3) is 2.96. The van der Waals surface area contributed by atoms with Gasteiger partial charge in [0.25, 0.3) is 5.91 Å². The van der Waals surface area contributed by atoms with Gasteiger partial charge in [-0.1, -0.05) is 0 Å². The lowest BCUT2D eigenvalue weighted by atomic mass is 10.00. The second-order valence-electron chi connectivity index (χ2n) is 7.01. The van der Waals surface area contributed by atoms with Gasteiger partial charge >= 0.3 is 0 Å². The summed E-state index contributed by atoms with van der Waals surface area (Å²) < 4.78 is 45.3. The number of nitrogens with one attached hydrogen (secondary N) is 1. The number of rotatable bonds is 2. The number of sulfone groups is 1. The van der Waals surface area contributed by atoms with Crippen LogP contribution in [0.1, 0.15) is 23.7 Å². The van der Waals surface area contributed by atoms with E-state index in [0.29, 0.717) is 30.8 Å². The number of halogens is 1. The molecule has 26 heavy (non-hydrogen) atoms. The molecule has 2 aliphatic rings. The number of benzene rings is 1. The van der Waals surface area contributed by atoms with E-state index >= 15 is 0 Å². The number of fused-ring (bicyclic) bond motifs is 3. The van der Waals surface area contributed by atoms with Gasteiger partial charge in [0.2, 0.25) is 0 Å². The van der Waals surface area contributed by atoms with Crippen molar-refractivity contribution in [1.82, 2.24) is 14.9 Å². The summed E-state index contributed by atoms with van der Waals surface area (Å²) in [6.07, 6.45) is 3.56. The summed E-state index contributed by atoms with van der Waals surface area (Å²) in [5.41, 5.74) is 0.386. The van der Waals surface area contributed by atoms with E-state index in [-0.39, 0.29) is 22.8 Å². The molecule has 0 bridgehead atoms. The van der Waals surface area contributed by atoms with Gasteiger partial charge in [-0.3, -0.25) is 4.79 Å². The fraction of sp³-hybridized carbons (Fsp3) is 0.412. The molecule has 1 unspecified atom stereocenters. The summed E-state index contributed by atoms with van der Waals surface area (Å²) in [6, 6.07) is 2.67. The minimum atomic E-state index is -3.16. The van der Waals surface area contributed by atoms with Gasteiger partial charge in [-0.05, 0) is 25.5 Å². The van der Waals surface area contributed by atoms with Crippen LogP contribution in [0.3, 0.4) is 0 Å². The average Bonchev–Trinajstić information content (AvgIpc) is 3.07. The molecule has 2 aliphatic heterocycles. The van der Waals surface area contributed by atoms with Crippen molar-refractivity contribution in [2.45, 2.75) is 25.4 Å². The number of imidazole rings is 1. The molecule has 1 N–H and O–H groups in total. The molecule has 1 aromatic carbocycles. The highest BCUT2D eigenvalue weighted by Crippen LogP contribution is 2.36. The van der Waals surface area contributed by atoms with E-state index in [1.807, 2.05) is 4.57 Å². The van der Waals surface area contributed by atoms with Crippen molar-refractivity contribution in [3.8, 4) is 17.0 Å². The molecule has 4 rings (SSSR count). The molecule has 7 nitrogen and oxygen atoms in total. The van der Waals surface area contributed by atoms with Crippen LogP contribution < -0.4 is 10.1 Å². The Kier molecular flexibility index (Phi) is 3.80. The maximum absolute atomic E-state index is 14.6. The van der Waals surface area contributed by atoms with Gasteiger partial charge in [0.1, 0.15) is 6.61 Å². The SMILES string of the molecule is CC1(NC(=O)c2cc(F)c3c(c2)-c2cncn2CCO3)CCS(=O)(=O)C1. The molecule has 1 fully saturated rings. The van der Waals surface area contributed by atoms with Gasteiger partial charge in [0.05, 0.1) is 41.8 Å². The van der Waals surface area contributed by atoms with E-state index < -0.39 is 27.1 Å². The van der Waals surface area contributed by atoms with Crippen LogP contribution in [-0.2, 0) is 16.4 Å². The van der Waals surface area contributed by atoms with E-state index in [1.165, 1.54) is 0 Å². The zero-order valence-corrected chi connectivity index (χ0v) is 15.0. The van der Waals surface area contributed by atoms with Crippen LogP contribution in [0, 0.1) is 5.82 Å². The summed E-state index contributed by atoms with van der Waals surface area (Å²) >= 11 is 0. The Morgan fingerprint density at radius 2 is 2.23 bits per heavy atom. The molecule has 1 aromatic heterocycles. The first-order valence-electron chi connectivity index (χ1n) is 8.26. The van der Waals surface area contributed by atoms with Gasteiger partial charge in [-0.15, -0.1) is 0 Å². The first-order valence-corrected chi connectivity index (χ1v) is 10.1. The number of nitrogens with zero attached hydrogens (tertiary/aromatic N) is 2. The Bertz CT molecular complexity index is 1000. The first-order chi connectivity index (χ1) is 12.3. The molecule has 0 aliphatic carbocycles. The van der Waals surface area contributed by atoms with E-state index in [9.17, 15) is 17.6 Å². The highest BCUT2D eigenvalue weighted by atomic mass is 32.2. The molecule has 9 heteroatoms. The number of aromatic nitrogens is 2. The van der Waals surface area contributed by atoms with Gasteiger partial charge in [-0.25, -0.2) is 17.8 Å². The van der Waals surface area contributed by atoms with Gasteiger partial charge in [-0.2, -0.15) is 0 Å². The quantitative estimate of drug-likeness (QED) is 0.852. The zero-order chi connectivity index (χ0) is 18.5. The second kappa shape index (κ2) is 5.80. The average molecular weight is 379 g/mol. The number of amides is 1. The molecule has 1 amide bonds. The van der Waals surface area contributed by atoms with Gasteiger partial charge in [0, 0.05) is 11.1 Å². The largest absolute Gasteiger partial charge is 0.488 e. The molecule has 0 radical (unpaired) electrons. The standard InChI is InChI=1S/C17H18FN3O4S/c1-17(2-5-26(23,24)9-17)20-16(22)11-6-12-14-8-19-10-21(14)3-4-25-15(12)13(18)7-11/h6-8,10H,2-5,9H2,1H3,(H,20,22). The summed E-state index contributed by atoms with van der Waals surface area (Å²) in [6.45, 7) is 2.52. The number of hydrogen-bond acceptors (Lipinski definition) is 5. The minimum absolute atomic E-state index is 0.0371. The molecular formula is C17H18FN3O4S. The normalized spacial score (nSPS) is 23.5. The Hall–Kier alpha value is -2.42. The summed E-state index contributed by atoms with van der Waals surface area (Å²) in [5, 5.41) is 2.75. The lowest BCUT2D eigenvalue weighted by Gasteiger charge is -2.24. The summed E-state index contributed by atoms with van der Waals surface area (Å²) in [5.74, 6) is -1.13. The monoisotopic (exact) mass is 379 g/mol. The van der Waals surface area contributed by atoms with Crippen LogP contribution in [-0.4, -0.2) is 47.5 Å². The van der Waals surface area contributed by atoms with Crippen LogP contribution in [0.25, 0.3) is 11.3 Å². The number of hydrogen-bond donors (Lipinski definition) is 1. The van der Waals surface area contributed by atoms with Crippen LogP contribution >= 0.6 is 0 Å². The Morgan fingerprint density at radius 1 is 1.42 bits per heavy atom. The molecule has 1 atom stereocenters. The fourth-order valence-corrected chi connectivity index (χ4v) is 5.58. The van der Waals surface area contributed by atoms with E-state index in [1.54, 1.807) is 25.5 Å². The molecule has 1 saturated heterocycles. The molecule has 0 spiro atoms. The predicted molar refractivity (Wildman–Crippen MR) is 92.3 cm³/mol. The van der Waals surface area contributed by atoms with Crippen molar-refractivity contribution < 1.29 is 22.3 Å². The van der Waals surface area contributed by atoms with Gasteiger partial charge < -0.3 is 14.6 Å². The third-order valence-electron chi connectivity index (χ3n) is 4.79. The second-order valence-corrected chi connectivity index (χ2v) is 9.20. The predicted octanol–water partition coefficient (Wildman–Crippen LogP) is 1.39. The van der Waals surface area contributed by atoms with Crippen LogP contribution in [0.4, 0.5) is 4.39 Å². The van der Waals surface area contributed by atoms with Crippen LogP contribution in [0.2, 0.25) is 0 Å². The van der Waals surface area contributed by atoms with Crippen molar-refractivity contribution in [3.05, 3.63) is 36.0 Å². The van der Waals surface area contributed by atoms with Gasteiger partial charge in [0.15, 0.2) is 21.4 Å². The zero-order valence-electron chi connectivity index (χ0n) is 14.2. The maximum atomic E-state index is 14.6. The summed E-state index contributed by atoms with van der Waals surface area (Å²) in [4.78, 5) is 16.7. The highest BCUT2D eigenvalue weighted by molar-refractivity contribution is 7.91. The van der Waals surface area contributed by atoms with E-state index in [2.05, 4.69) is 10.3 Å². The topological polar surface area (TPSA) is 90.3 Å². The Morgan fingerprint density at radius 3 is 2.96 bits per heavy atom. The van der Waals surface area contributed by atoms with Crippen LogP contribution in [0.5, 0.6) is 5.75 Å². The van der Waals surface area contributed by atoms with Crippen molar-refractivity contribution in [1.29, 1.82) is 0 Å². The molecule has 2 aromatic rings. The van der Waals surface area contributed by atoms with Crippen LogP contribution in [0.15, 0.2) is 24.7 Å². The lowest BCUT2D eigenvalue weighted by molar-refractivity contribution is 0.0915.